The van der Waals surface area contributed by atoms with Gasteiger partial charge in [0.05, 0.1) is 25.7 Å². The van der Waals surface area contributed by atoms with Crippen molar-refractivity contribution < 1.29 is 19.1 Å². The zero-order valence-electron chi connectivity index (χ0n) is 16.8. The summed E-state index contributed by atoms with van der Waals surface area (Å²) in [6.07, 6.45) is 0.968. The average molecular weight is 383 g/mol. The highest BCUT2D eigenvalue weighted by molar-refractivity contribution is 5.78. The van der Waals surface area contributed by atoms with Crippen LogP contribution in [0, 0.1) is 5.92 Å². The van der Waals surface area contributed by atoms with Crippen LogP contribution in [0.25, 0.3) is 0 Å². The van der Waals surface area contributed by atoms with E-state index in [2.05, 4.69) is 0 Å². The lowest BCUT2D eigenvalue weighted by atomic mass is 10.0. The highest BCUT2D eigenvalue weighted by Gasteiger charge is 2.26. The summed E-state index contributed by atoms with van der Waals surface area (Å²) in [5, 5.41) is 0. The van der Waals surface area contributed by atoms with Gasteiger partial charge in [-0.05, 0) is 31.0 Å². The highest BCUT2D eigenvalue weighted by atomic mass is 16.5. The van der Waals surface area contributed by atoms with Crippen LogP contribution >= 0.6 is 0 Å². The molecule has 1 amide bonds. The van der Waals surface area contributed by atoms with Gasteiger partial charge in [0.15, 0.2) is 0 Å². The Balaban J connectivity index is 1.98. The molecule has 2 rings (SSSR count). The van der Waals surface area contributed by atoms with Crippen molar-refractivity contribution in [1.82, 2.24) is 4.90 Å². The standard InChI is InChI=1S/C23H29NO4/c1-18(23(26)27-3)17-24(19(2)20-11-6-4-7-12-20)22(25)15-10-16-28-21-13-8-5-9-14-21/h4-9,11-14,18-19H,10,15-17H2,1-3H3. The molecule has 0 fully saturated rings. The molecule has 150 valence electrons. The number of carbonyl (C=O) groups excluding carboxylic acids is 2. The monoisotopic (exact) mass is 383 g/mol. The average Bonchev–Trinajstić information content (AvgIpc) is 2.75. The number of para-hydroxylation sites is 1. The topological polar surface area (TPSA) is 55.8 Å². The van der Waals surface area contributed by atoms with Gasteiger partial charge < -0.3 is 14.4 Å². The second-order valence-electron chi connectivity index (χ2n) is 6.82. The van der Waals surface area contributed by atoms with Crippen molar-refractivity contribution in [1.29, 1.82) is 0 Å². The van der Waals surface area contributed by atoms with E-state index >= 15 is 0 Å². The molecular formula is C23H29NO4. The molecule has 0 spiro atoms. The fraction of sp³-hybridized carbons (Fsp3) is 0.391. The van der Waals surface area contributed by atoms with Crippen molar-refractivity contribution in [2.45, 2.75) is 32.7 Å². The van der Waals surface area contributed by atoms with Crippen molar-refractivity contribution in [2.75, 3.05) is 20.3 Å². The summed E-state index contributed by atoms with van der Waals surface area (Å²) in [5.41, 5.74) is 1.04. The Hall–Kier alpha value is -2.82. The van der Waals surface area contributed by atoms with Gasteiger partial charge in [-0.15, -0.1) is 0 Å². The van der Waals surface area contributed by atoms with E-state index < -0.39 is 0 Å². The number of benzene rings is 2. The van der Waals surface area contributed by atoms with Crippen molar-refractivity contribution >= 4 is 11.9 Å². The number of ether oxygens (including phenoxy) is 2. The molecule has 0 aliphatic rings. The van der Waals surface area contributed by atoms with Crippen LogP contribution in [0.3, 0.4) is 0 Å². The smallest absolute Gasteiger partial charge is 0.310 e. The van der Waals surface area contributed by atoms with Crippen molar-refractivity contribution in [3.05, 3.63) is 66.2 Å². The van der Waals surface area contributed by atoms with Crippen LogP contribution in [0.2, 0.25) is 0 Å². The Morgan fingerprint density at radius 1 is 0.964 bits per heavy atom. The van der Waals surface area contributed by atoms with Gasteiger partial charge in [-0.3, -0.25) is 9.59 Å². The summed E-state index contributed by atoms with van der Waals surface area (Å²) in [7, 11) is 1.37. The quantitative estimate of drug-likeness (QED) is 0.455. The molecule has 5 heteroatoms. The third-order valence-corrected chi connectivity index (χ3v) is 4.69. The predicted octanol–water partition coefficient (Wildman–Crippen LogP) is 4.24. The molecule has 2 aromatic rings. The van der Waals surface area contributed by atoms with Gasteiger partial charge in [0.1, 0.15) is 5.75 Å². The highest BCUT2D eigenvalue weighted by Crippen LogP contribution is 2.23. The largest absolute Gasteiger partial charge is 0.494 e. The maximum absolute atomic E-state index is 12.9. The molecule has 0 aliphatic carbocycles. The Bertz CT molecular complexity index is 733. The maximum atomic E-state index is 12.9. The minimum Gasteiger partial charge on any atom is -0.494 e. The van der Waals surface area contributed by atoms with Crippen LogP contribution in [-0.4, -0.2) is 37.0 Å². The second kappa shape index (κ2) is 11.1. The SMILES string of the molecule is COC(=O)C(C)CN(C(=O)CCCOc1ccccc1)C(C)c1ccccc1. The Labute approximate surface area is 167 Å². The van der Waals surface area contributed by atoms with E-state index in [4.69, 9.17) is 9.47 Å². The fourth-order valence-electron chi connectivity index (χ4n) is 3.03. The summed E-state index contributed by atoms with van der Waals surface area (Å²) < 4.78 is 10.5. The molecule has 2 atom stereocenters. The molecule has 0 saturated heterocycles. The molecule has 0 bridgehead atoms. The van der Waals surface area contributed by atoms with Gasteiger partial charge in [-0.1, -0.05) is 55.5 Å². The van der Waals surface area contributed by atoms with Gasteiger partial charge in [-0.2, -0.15) is 0 Å². The summed E-state index contributed by atoms with van der Waals surface area (Å²) in [5.74, 6) is 0.0960. The summed E-state index contributed by atoms with van der Waals surface area (Å²) in [6.45, 7) is 4.55. The number of hydrogen-bond donors (Lipinski definition) is 0. The van der Waals surface area contributed by atoms with E-state index in [9.17, 15) is 9.59 Å². The van der Waals surface area contributed by atoms with Gasteiger partial charge in [-0.25, -0.2) is 0 Å². The lowest BCUT2D eigenvalue weighted by molar-refractivity contribution is -0.147. The van der Waals surface area contributed by atoms with Gasteiger partial charge >= 0.3 is 5.97 Å². The second-order valence-corrected chi connectivity index (χ2v) is 6.82. The molecule has 0 N–H and O–H groups in total. The predicted molar refractivity (Wildman–Crippen MR) is 109 cm³/mol. The first-order valence-corrected chi connectivity index (χ1v) is 9.63. The van der Waals surface area contributed by atoms with Gasteiger partial charge in [0.25, 0.3) is 0 Å². The fourth-order valence-corrected chi connectivity index (χ4v) is 3.03. The number of nitrogens with zero attached hydrogens (tertiary/aromatic N) is 1. The maximum Gasteiger partial charge on any atom is 0.310 e. The minimum atomic E-state index is -0.388. The molecule has 0 radical (unpaired) electrons. The van der Waals surface area contributed by atoms with E-state index in [-0.39, 0.29) is 23.8 Å². The van der Waals surface area contributed by atoms with E-state index in [0.29, 0.717) is 26.0 Å². The van der Waals surface area contributed by atoms with Crippen LogP contribution in [0.1, 0.15) is 38.3 Å². The van der Waals surface area contributed by atoms with Crippen LogP contribution in [0.5, 0.6) is 5.75 Å². The van der Waals surface area contributed by atoms with Crippen LogP contribution in [-0.2, 0) is 14.3 Å². The lowest BCUT2D eigenvalue weighted by Crippen LogP contribution is -2.39. The molecule has 0 aliphatic heterocycles. The Kier molecular flexibility index (Phi) is 8.53. The Morgan fingerprint density at radius 2 is 1.57 bits per heavy atom. The summed E-state index contributed by atoms with van der Waals surface area (Å²) in [4.78, 5) is 26.6. The number of hydrogen-bond acceptors (Lipinski definition) is 4. The molecule has 5 nitrogen and oxygen atoms in total. The third-order valence-electron chi connectivity index (χ3n) is 4.69. The van der Waals surface area contributed by atoms with Gasteiger partial charge in [0, 0.05) is 13.0 Å². The number of methoxy groups -OCH3 is 1. The first kappa shape index (κ1) is 21.5. The zero-order chi connectivity index (χ0) is 20.4. The summed E-state index contributed by atoms with van der Waals surface area (Å²) >= 11 is 0. The number of rotatable bonds is 10. The summed E-state index contributed by atoms with van der Waals surface area (Å²) in [6, 6.07) is 19.2. The first-order valence-electron chi connectivity index (χ1n) is 9.63. The number of amides is 1. The first-order chi connectivity index (χ1) is 13.5. The minimum absolute atomic E-state index is 0.00349. The lowest BCUT2D eigenvalue weighted by Gasteiger charge is -2.31. The van der Waals surface area contributed by atoms with Gasteiger partial charge in [0.2, 0.25) is 5.91 Å². The number of carbonyl (C=O) groups is 2. The van der Waals surface area contributed by atoms with E-state index in [0.717, 1.165) is 11.3 Å². The van der Waals surface area contributed by atoms with Crippen LogP contribution < -0.4 is 4.74 Å². The molecule has 2 unspecified atom stereocenters. The Morgan fingerprint density at radius 3 is 2.18 bits per heavy atom. The molecule has 0 heterocycles. The zero-order valence-corrected chi connectivity index (χ0v) is 16.8. The van der Waals surface area contributed by atoms with Crippen molar-refractivity contribution in [2.24, 2.45) is 5.92 Å². The third kappa shape index (κ3) is 6.41. The van der Waals surface area contributed by atoms with Crippen molar-refractivity contribution in [3.63, 3.8) is 0 Å². The van der Waals surface area contributed by atoms with Crippen LogP contribution in [0.15, 0.2) is 60.7 Å². The molecule has 2 aromatic carbocycles. The molecule has 0 saturated carbocycles. The molecule has 28 heavy (non-hydrogen) atoms. The molecule has 0 aromatic heterocycles. The van der Waals surface area contributed by atoms with E-state index in [1.165, 1.54) is 7.11 Å². The normalized spacial score (nSPS) is 12.7. The van der Waals surface area contributed by atoms with Crippen LogP contribution in [0.4, 0.5) is 0 Å². The van der Waals surface area contributed by atoms with Crippen molar-refractivity contribution in [3.8, 4) is 5.75 Å². The van der Waals surface area contributed by atoms with E-state index in [1.54, 1.807) is 11.8 Å². The van der Waals surface area contributed by atoms with E-state index in [1.807, 2.05) is 67.6 Å². The molecular weight excluding hydrogens is 354 g/mol. The number of esters is 1.